The molecular weight excluding hydrogens is 286 g/mol. The Morgan fingerprint density at radius 1 is 1.05 bits per heavy atom. The molecule has 4 heteroatoms. The van der Waals surface area contributed by atoms with Gasteiger partial charge in [-0.15, -0.1) is 0 Å². The average Bonchev–Trinajstić information content (AvgIpc) is 2.76. The van der Waals surface area contributed by atoms with Crippen molar-refractivity contribution in [2.75, 3.05) is 13.6 Å². The molecule has 2 aromatic rings. The lowest BCUT2D eigenvalue weighted by Gasteiger charge is -2.35. The quantitative estimate of drug-likeness (QED) is 0.681. The molecule has 100 valence electrons. The molecule has 0 unspecified atom stereocenters. The molecule has 1 saturated heterocycles. The molecule has 1 fully saturated rings. The summed E-state index contributed by atoms with van der Waals surface area (Å²) in [6.45, 7) is 0.883. The Hall–Kier alpha value is -1.52. The number of fused-ring (bicyclic) bond motifs is 4. The van der Waals surface area contributed by atoms with E-state index in [-0.39, 0.29) is 4.75 Å². The summed E-state index contributed by atoms with van der Waals surface area (Å²) >= 11 is 7.26. The van der Waals surface area contributed by atoms with Crippen LogP contribution in [-0.2, 0) is 4.75 Å². The van der Waals surface area contributed by atoms with Gasteiger partial charge in [0.1, 0.15) is 15.8 Å². The fourth-order valence-corrected chi connectivity index (χ4v) is 4.81. The first-order chi connectivity index (χ1) is 9.71. The topological polar surface area (TPSA) is 12.5 Å². The molecule has 2 nitrogen and oxygen atoms in total. The smallest absolute Gasteiger partial charge is 0.137 e. The fourth-order valence-electron chi connectivity index (χ4n) is 2.98. The van der Waals surface area contributed by atoms with Crippen LogP contribution in [0.1, 0.15) is 11.1 Å². The first-order valence-electron chi connectivity index (χ1n) is 6.52. The van der Waals surface area contributed by atoms with Gasteiger partial charge in [0.05, 0.1) is 4.75 Å². The molecular formula is C16H13NOS2. The van der Waals surface area contributed by atoms with Gasteiger partial charge in [-0.2, -0.15) is 0 Å². The van der Waals surface area contributed by atoms with Gasteiger partial charge in [-0.3, -0.25) is 0 Å². The van der Waals surface area contributed by atoms with E-state index < -0.39 is 0 Å². The molecule has 20 heavy (non-hydrogen) atoms. The first-order valence-corrected chi connectivity index (χ1v) is 7.74. The second kappa shape index (κ2) is 4.24. The first kappa shape index (κ1) is 12.2. The summed E-state index contributed by atoms with van der Waals surface area (Å²) in [5.41, 5.74) is 2.44. The van der Waals surface area contributed by atoms with E-state index in [1.165, 1.54) is 11.1 Å². The zero-order valence-corrected chi connectivity index (χ0v) is 12.6. The molecule has 2 aromatic carbocycles. The summed E-state index contributed by atoms with van der Waals surface area (Å²) in [6.07, 6.45) is 0. The molecule has 0 amide bonds. The molecule has 0 radical (unpaired) electrons. The molecule has 2 aliphatic heterocycles. The lowest BCUT2D eigenvalue weighted by atomic mass is 9.86. The Balaban J connectivity index is 2.00. The fraction of sp³-hybridized carbons (Fsp3) is 0.188. The summed E-state index contributed by atoms with van der Waals surface area (Å²) in [5.74, 6) is 1.88. The third-order valence-corrected chi connectivity index (χ3v) is 5.86. The van der Waals surface area contributed by atoms with Crippen molar-refractivity contribution in [2.45, 2.75) is 4.75 Å². The van der Waals surface area contributed by atoms with Crippen LogP contribution in [0, 0.1) is 0 Å². The second-order valence-electron chi connectivity index (χ2n) is 5.15. The van der Waals surface area contributed by atoms with Crippen LogP contribution < -0.4 is 4.74 Å². The van der Waals surface area contributed by atoms with Crippen LogP contribution in [0.15, 0.2) is 48.5 Å². The summed E-state index contributed by atoms with van der Waals surface area (Å²) in [6, 6.07) is 16.5. The maximum atomic E-state index is 6.06. The standard InChI is InChI=1S/C16H13NOS2/c1-17-10-16(20-15(17)19)11-6-2-4-8-13(11)18-14-9-5-3-7-12(14)16/h2-9H,10H2,1H3. The number of hydrogen-bond donors (Lipinski definition) is 0. The van der Waals surface area contributed by atoms with Gasteiger partial charge in [-0.05, 0) is 12.1 Å². The third kappa shape index (κ3) is 1.55. The van der Waals surface area contributed by atoms with Gasteiger partial charge in [-0.1, -0.05) is 60.4 Å². The highest BCUT2D eigenvalue weighted by Gasteiger charge is 2.49. The number of para-hydroxylation sites is 2. The number of thiocarbonyl (C=S) groups is 1. The van der Waals surface area contributed by atoms with Crippen LogP contribution in [0.3, 0.4) is 0 Å². The number of benzene rings is 2. The number of rotatable bonds is 0. The van der Waals surface area contributed by atoms with Crippen LogP contribution in [0.2, 0.25) is 0 Å². The van der Waals surface area contributed by atoms with E-state index in [1.807, 2.05) is 24.3 Å². The van der Waals surface area contributed by atoms with Gasteiger partial charge in [0.25, 0.3) is 0 Å². The van der Waals surface area contributed by atoms with Crippen molar-refractivity contribution in [1.29, 1.82) is 0 Å². The van der Waals surface area contributed by atoms with Crippen molar-refractivity contribution in [2.24, 2.45) is 0 Å². The van der Waals surface area contributed by atoms with Crippen molar-refractivity contribution < 1.29 is 4.74 Å². The van der Waals surface area contributed by atoms with E-state index in [0.717, 1.165) is 22.4 Å². The Morgan fingerprint density at radius 3 is 2.10 bits per heavy atom. The number of ether oxygens (including phenoxy) is 1. The zero-order chi connectivity index (χ0) is 13.7. The molecule has 1 spiro atoms. The van der Waals surface area contributed by atoms with Crippen molar-refractivity contribution in [1.82, 2.24) is 4.90 Å². The summed E-state index contributed by atoms with van der Waals surface area (Å²) < 4.78 is 6.86. The maximum absolute atomic E-state index is 6.06. The van der Waals surface area contributed by atoms with E-state index in [4.69, 9.17) is 17.0 Å². The lowest BCUT2D eigenvalue weighted by Crippen LogP contribution is -2.32. The highest BCUT2D eigenvalue weighted by molar-refractivity contribution is 8.24. The minimum absolute atomic E-state index is 0.142. The minimum Gasteiger partial charge on any atom is -0.457 e. The molecule has 0 N–H and O–H groups in total. The molecule has 0 aromatic heterocycles. The van der Waals surface area contributed by atoms with Crippen LogP contribution in [-0.4, -0.2) is 22.8 Å². The summed E-state index contributed by atoms with van der Waals surface area (Å²) in [5, 5.41) is 0. The number of thioether (sulfide) groups is 1. The van der Waals surface area contributed by atoms with E-state index in [0.29, 0.717) is 0 Å². The average molecular weight is 299 g/mol. The SMILES string of the molecule is CN1CC2(SC1=S)c1ccccc1Oc1ccccc12. The van der Waals surface area contributed by atoms with E-state index >= 15 is 0 Å². The molecule has 0 atom stereocenters. The van der Waals surface area contributed by atoms with Crippen molar-refractivity contribution in [3.63, 3.8) is 0 Å². The van der Waals surface area contributed by atoms with Gasteiger partial charge in [0.15, 0.2) is 0 Å². The van der Waals surface area contributed by atoms with Gasteiger partial charge >= 0.3 is 0 Å². The normalized spacial score (nSPS) is 18.6. The molecule has 2 heterocycles. The maximum Gasteiger partial charge on any atom is 0.137 e. The van der Waals surface area contributed by atoms with Gasteiger partial charge < -0.3 is 9.64 Å². The van der Waals surface area contributed by atoms with Crippen molar-refractivity contribution >= 4 is 28.3 Å². The van der Waals surface area contributed by atoms with Crippen LogP contribution in [0.5, 0.6) is 11.5 Å². The number of hydrogen-bond acceptors (Lipinski definition) is 3. The summed E-state index contributed by atoms with van der Waals surface area (Å²) in [7, 11) is 2.06. The van der Waals surface area contributed by atoms with Crippen molar-refractivity contribution in [3.8, 4) is 11.5 Å². The van der Waals surface area contributed by atoms with Crippen LogP contribution >= 0.6 is 24.0 Å². The lowest BCUT2D eigenvalue weighted by molar-refractivity contribution is 0.410. The van der Waals surface area contributed by atoms with E-state index in [9.17, 15) is 0 Å². The molecule has 4 rings (SSSR count). The van der Waals surface area contributed by atoms with Crippen LogP contribution in [0.25, 0.3) is 0 Å². The monoisotopic (exact) mass is 299 g/mol. The predicted octanol–water partition coefficient (Wildman–Crippen LogP) is 4.00. The zero-order valence-electron chi connectivity index (χ0n) is 11.0. The van der Waals surface area contributed by atoms with E-state index in [1.54, 1.807) is 11.8 Å². The van der Waals surface area contributed by atoms with Gasteiger partial charge in [0.2, 0.25) is 0 Å². The minimum atomic E-state index is -0.142. The van der Waals surface area contributed by atoms with Crippen LogP contribution in [0.4, 0.5) is 0 Å². The number of likely N-dealkylation sites (N-methyl/N-ethyl adjacent to an activating group) is 1. The van der Waals surface area contributed by atoms with Gasteiger partial charge in [0, 0.05) is 24.7 Å². The predicted molar refractivity (Wildman–Crippen MR) is 86.6 cm³/mol. The Bertz CT molecular complexity index is 668. The second-order valence-corrected chi connectivity index (χ2v) is 7.08. The van der Waals surface area contributed by atoms with E-state index in [2.05, 4.69) is 36.2 Å². The third-order valence-electron chi connectivity index (χ3n) is 3.90. The number of nitrogens with zero attached hydrogens (tertiary/aromatic N) is 1. The van der Waals surface area contributed by atoms with Gasteiger partial charge in [-0.25, -0.2) is 0 Å². The molecule has 0 bridgehead atoms. The Morgan fingerprint density at radius 2 is 1.60 bits per heavy atom. The molecule has 0 aliphatic carbocycles. The Labute approximate surface area is 127 Å². The largest absolute Gasteiger partial charge is 0.457 e. The molecule has 2 aliphatic rings. The van der Waals surface area contributed by atoms with Crippen molar-refractivity contribution in [3.05, 3.63) is 59.7 Å². The highest BCUT2D eigenvalue weighted by atomic mass is 32.2. The molecule has 0 saturated carbocycles. The Kier molecular flexibility index (Phi) is 2.59. The highest BCUT2D eigenvalue weighted by Crippen LogP contribution is 2.57. The summed E-state index contributed by atoms with van der Waals surface area (Å²) in [4.78, 5) is 2.15.